The fourth-order valence-electron chi connectivity index (χ4n) is 3.35. The molecule has 1 N–H and O–H groups in total. The summed E-state index contributed by atoms with van der Waals surface area (Å²) in [6.07, 6.45) is 5.69. The third-order valence-corrected chi connectivity index (χ3v) is 4.43. The summed E-state index contributed by atoms with van der Waals surface area (Å²) in [5.41, 5.74) is 0.552. The molecule has 2 aliphatic rings. The lowest BCUT2D eigenvalue weighted by Crippen LogP contribution is -2.54. The summed E-state index contributed by atoms with van der Waals surface area (Å²) < 4.78 is 0. The van der Waals surface area contributed by atoms with Gasteiger partial charge in [0.1, 0.15) is 0 Å². The van der Waals surface area contributed by atoms with Crippen molar-refractivity contribution < 1.29 is 0 Å². The summed E-state index contributed by atoms with van der Waals surface area (Å²) in [6, 6.07) is 0.888. The number of nitrogens with zero attached hydrogens (tertiary/aromatic N) is 1. The van der Waals surface area contributed by atoms with Gasteiger partial charge in [0.25, 0.3) is 0 Å². The quantitative estimate of drug-likeness (QED) is 0.789. The van der Waals surface area contributed by atoms with Gasteiger partial charge in [0.05, 0.1) is 0 Å². The first-order valence-corrected chi connectivity index (χ1v) is 7.07. The van der Waals surface area contributed by atoms with Crippen LogP contribution in [0.3, 0.4) is 0 Å². The molecule has 1 aliphatic carbocycles. The van der Waals surface area contributed by atoms with Crippen LogP contribution in [0.25, 0.3) is 0 Å². The van der Waals surface area contributed by atoms with E-state index in [1.807, 2.05) is 0 Å². The third-order valence-electron chi connectivity index (χ3n) is 4.43. The van der Waals surface area contributed by atoms with Crippen LogP contribution in [0, 0.1) is 11.3 Å². The van der Waals surface area contributed by atoms with Gasteiger partial charge in [-0.05, 0) is 56.7 Å². The van der Waals surface area contributed by atoms with Gasteiger partial charge in [-0.3, -0.25) is 4.90 Å². The predicted octanol–water partition coefficient (Wildman–Crippen LogP) is 2.50. The van der Waals surface area contributed by atoms with E-state index in [1.165, 1.54) is 45.3 Å². The van der Waals surface area contributed by atoms with Crippen LogP contribution in [0.2, 0.25) is 0 Å². The molecule has 1 saturated heterocycles. The number of hydrogen-bond donors (Lipinski definition) is 1. The van der Waals surface area contributed by atoms with Crippen molar-refractivity contribution in [2.24, 2.45) is 11.3 Å². The first kappa shape index (κ1) is 12.4. The summed E-state index contributed by atoms with van der Waals surface area (Å²) in [5, 5.41) is 3.51. The molecule has 0 aromatic rings. The molecule has 2 nitrogen and oxygen atoms in total. The number of likely N-dealkylation sites (tertiary alicyclic amines) is 1. The van der Waals surface area contributed by atoms with Gasteiger partial charge in [-0.2, -0.15) is 0 Å². The lowest BCUT2D eigenvalue weighted by molar-refractivity contribution is 0.00621. The molecule has 0 radical (unpaired) electrons. The molecular weight excluding hydrogens is 196 g/mol. The molecule has 2 atom stereocenters. The molecule has 2 heteroatoms. The first-order chi connectivity index (χ1) is 7.62. The normalized spacial score (nSPS) is 34.7. The number of piperidine rings is 1. The zero-order chi connectivity index (χ0) is 11.6. The SMILES string of the molecule is CCNCC1CCC1N1CCCC(C)(C)C1. The minimum Gasteiger partial charge on any atom is -0.317 e. The smallest absolute Gasteiger partial charge is 0.0136 e. The Balaban J connectivity index is 1.83. The molecule has 2 fully saturated rings. The van der Waals surface area contributed by atoms with Gasteiger partial charge in [0.15, 0.2) is 0 Å². The molecule has 94 valence electrons. The van der Waals surface area contributed by atoms with Crippen molar-refractivity contribution in [3.05, 3.63) is 0 Å². The van der Waals surface area contributed by atoms with E-state index in [4.69, 9.17) is 0 Å². The fourth-order valence-corrected chi connectivity index (χ4v) is 3.35. The summed E-state index contributed by atoms with van der Waals surface area (Å²) in [5.74, 6) is 0.925. The van der Waals surface area contributed by atoms with Crippen molar-refractivity contribution in [3.63, 3.8) is 0 Å². The molecule has 0 aromatic carbocycles. The van der Waals surface area contributed by atoms with Crippen molar-refractivity contribution in [3.8, 4) is 0 Å². The van der Waals surface area contributed by atoms with Crippen LogP contribution in [0.5, 0.6) is 0 Å². The highest BCUT2D eigenvalue weighted by Gasteiger charge is 2.38. The van der Waals surface area contributed by atoms with Gasteiger partial charge in [0, 0.05) is 12.6 Å². The maximum Gasteiger partial charge on any atom is 0.0136 e. The summed E-state index contributed by atoms with van der Waals surface area (Å²) in [4.78, 5) is 2.77. The molecule has 0 spiro atoms. The average Bonchev–Trinajstić information content (AvgIpc) is 2.15. The topological polar surface area (TPSA) is 15.3 Å². The van der Waals surface area contributed by atoms with Gasteiger partial charge >= 0.3 is 0 Å². The van der Waals surface area contributed by atoms with Crippen LogP contribution in [0.4, 0.5) is 0 Å². The van der Waals surface area contributed by atoms with E-state index in [2.05, 4.69) is 31.0 Å². The van der Waals surface area contributed by atoms with Gasteiger partial charge in [-0.15, -0.1) is 0 Å². The largest absolute Gasteiger partial charge is 0.317 e. The third kappa shape index (κ3) is 2.78. The Bertz CT molecular complexity index is 225. The van der Waals surface area contributed by atoms with Gasteiger partial charge in [-0.25, -0.2) is 0 Å². The number of rotatable bonds is 4. The monoisotopic (exact) mass is 224 g/mol. The lowest BCUT2D eigenvalue weighted by atomic mass is 9.75. The Morgan fingerprint density at radius 1 is 1.31 bits per heavy atom. The lowest BCUT2D eigenvalue weighted by Gasteiger charge is -2.49. The molecule has 2 rings (SSSR count). The van der Waals surface area contributed by atoms with E-state index in [0.717, 1.165) is 18.5 Å². The second kappa shape index (κ2) is 5.05. The molecule has 1 saturated carbocycles. The van der Waals surface area contributed by atoms with Crippen LogP contribution >= 0.6 is 0 Å². The summed E-state index contributed by atoms with van der Waals surface area (Å²) in [7, 11) is 0. The molecule has 16 heavy (non-hydrogen) atoms. The minimum absolute atomic E-state index is 0.552. The van der Waals surface area contributed by atoms with Gasteiger partial charge in [-0.1, -0.05) is 20.8 Å². The van der Waals surface area contributed by atoms with E-state index in [-0.39, 0.29) is 0 Å². The van der Waals surface area contributed by atoms with Crippen molar-refractivity contribution in [1.82, 2.24) is 10.2 Å². The molecule has 0 amide bonds. The van der Waals surface area contributed by atoms with E-state index in [0.29, 0.717) is 5.41 Å². The van der Waals surface area contributed by atoms with E-state index in [1.54, 1.807) is 0 Å². The van der Waals surface area contributed by atoms with Crippen LogP contribution in [0.1, 0.15) is 46.5 Å². The van der Waals surface area contributed by atoms with Crippen LogP contribution < -0.4 is 5.32 Å². The Labute approximate surface area is 101 Å². The molecule has 2 unspecified atom stereocenters. The Hall–Kier alpha value is -0.0800. The number of nitrogens with one attached hydrogen (secondary N) is 1. The molecular formula is C14H28N2. The zero-order valence-corrected chi connectivity index (χ0v) is 11.3. The Morgan fingerprint density at radius 2 is 2.12 bits per heavy atom. The van der Waals surface area contributed by atoms with Crippen molar-refractivity contribution in [2.75, 3.05) is 26.2 Å². The fraction of sp³-hybridized carbons (Fsp3) is 1.00. The predicted molar refractivity (Wildman–Crippen MR) is 69.6 cm³/mol. The number of hydrogen-bond acceptors (Lipinski definition) is 2. The van der Waals surface area contributed by atoms with E-state index >= 15 is 0 Å². The Morgan fingerprint density at radius 3 is 2.69 bits per heavy atom. The molecule has 1 heterocycles. The maximum atomic E-state index is 3.51. The van der Waals surface area contributed by atoms with Crippen molar-refractivity contribution in [1.29, 1.82) is 0 Å². The second-order valence-electron chi connectivity index (χ2n) is 6.45. The first-order valence-electron chi connectivity index (χ1n) is 7.07. The minimum atomic E-state index is 0.552. The molecule has 0 aromatic heterocycles. The Kier molecular flexibility index (Phi) is 3.91. The van der Waals surface area contributed by atoms with Crippen LogP contribution in [0.15, 0.2) is 0 Å². The van der Waals surface area contributed by atoms with Crippen LogP contribution in [-0.2, 0) is 0 Å². The highest BCUT2D eigenvalue weighted by molar-refractivity contribution is 4.93. The standard InChI is InChI=1S/C14H28N2/c1-4-15-10-12-6-7-13(12)16-9-5-8-14(2,3)11-16/h12-13,15H,4-11H2,1-3H3. The molecule has 0 bridgehead atoms. The summed E-state index contributed by atoms with van der Waals surface area (Å²) >= 11 is 0. The van der Waals surface area contributed by atoms with Crippen LogP contribution in [-0.4, -0.2) is 37.1 Å². The van der Waals surface area contributed by atoms with Gasteiger partial charge < -0.3 is 5.32 Å². The van der Waals surface area contributed by atoms with Gasteiger partial charge in [0.2, 0.25) is 0 Å². The van der Waals surface area contributed by atoms with E-state index in [9.17, 15) is 0 Å². The molecule has 1 aliphatic heterocycles. The highest BCUT2D eigenvalue weighted by atomic mass is 15.2. The second-order valence-corrected chi connectivity index (χ2v) is 6.45. The summed E-state index contributed by atoms with van der Waals surface area (Å²) in [6.45, 7) is 12.1. The van der Waals surface area contributed by atoms with Crippen molar-refractivity contribution in [2.45, 2.75) is 52.5 Å². The van der Waals surface area contributed by atoms with E-state index < -0.39 is 0 Å². The highest BCUT2D eigenvalue weighted by Crippen LogP contribution is 2.37. The zero-order valence-electron chi connectivity index (χ0n) is 11.3. The van der Waals surface area contributed by atoms with Crippen molar-refractivity contribution >= 4 is 0 Å². The maximum absolute atomic E-state index is 3.51. The average molecular weight is 224 g/mol.